The fourth-order valence-corrected chi connectivity index (χ4v) is 4.81. The van der Waals surface area contributed by atoms with Crippen LogP contribution in [0.25, 0.3) is 6.08 Å². The molecule has 2 fully saturated rings. The van der Waals surface area contributed by atoms with E-state index in [2.05, 4.69) is 44.7 Å². The first-order valence-electron chi connectivity index (χ1n) is 10.4. The van der Waals surface area contributed by atoms with Gasteiger partial charge in [0.05, 0.1) is 11.8 Å². The lowest BCUT2D eigenvalue weighted by atomic mass is 10.2. The van der Waals surface area contributed by atoms with Gasteiger partial charge in [-0.3, -0.25) is 9.69 Å². The minimum atomic E-state index is 0.176. The number of piperazine rings is 1. The number of nitrogens with zero attached hydrogens (tertiary/aromatic N) is 6. The lowest BCUT2D eigenvalue weighted by Gasteiger charge is -2.34. The van der Waals surface area contributed by atoms with E-state index in [4.69, 9.17) is 0 Å². The van der Waals surface area contributed by atoms with Crippen LogP contribution in [0.3, 0.4) is 0 Å². The van der Waals surface area contributed by atoms with Gasteiger partial charge in [0.2, 0.25) is 11.1 Å². The van der Waals surface area contributed by atoms with Crippen LogP contribution in [0.2, 0.25) is 0 Å². The smallest absolute Gasteiger partial charge is 0.233 e. The van der Waals surface area contributed by atoms with Crippen molar-refractivity contribution in [2.45, 2.75) is 36.9 Å². The topological polar surface area (TPSA) is 67.2 Å². The van der Waals surface area contributed by atoms with Crippen LogP contribution in [0.4, 0.5) is 0 Å². The number of hydrogen-bond donors (Lipinski definition) is 0. The number of benzene rings is 1. The van der Waals surface area contributed by atoms with Crippen molar-refractivity contribution in [2.75, 3.05) is 38.5 Å². The molecule has 0 bridgehead atoms. The molecule has 1 saturated carbocycles. The lowest BCUT2D eigenvalue weighted by Crippen LogP contribution is -2.49. The van der Waals surface area contributed by atoms with E-state index < -0.39 is 0 Å². The average Bonchev–Trinajstić information content (AvgIpc) is 3.45. The average molecular weight is 413 g/mol. The summed E-state index contributed by atoms with van der Waals surface area (Å²) in [4.78, 5) is 17.0. The number of thioether (sulfide) groups is 1. The molecule has 0 atom stereocenters. The second-order valence-electron chi connectivity index (χ2n) is 7.63. The Bertz CT molecular complexity index is 810. The van der Waals surface area contributed by atoms with Crippen LogP contribution in [0.15, 0.2) is 41.6 Å². The number of aromatic nitrogens is 4. The molecule has 7 nitrogen and oxygen atoms in total. The molecule has 1 aliphatic heterocycles. The van der Waals surface area contributed by atoms with Crippen LogP contribution in [0.5, 0.6) is 0 Å². The zero-order chi connectivity index (χ0) is 19.9. The van der Waals surface area contributed by atoms with Gasteiger partial charge in [-0.1, -0.05) is 67.1 Å². The first kappa shape index (κ1) is 20.1. The van der Waals surface area contributed by atoms with Crippen molar-refractivity contribution in [2.24, 2.45) is 0 Å². The van der Waals surface area contributed by atoms with Gasteiger partial charge in [0.1, 0.15) is 0 Å². The zero-order valence-electron chi connectivity index (χ0n) is 16.7. The van der Waals surface area contributed by atoms with Crippen molar-refractivity contribution in [1.82, 2.24) is 30.0 Å². The Morgan fingerprint density at radius 3 is 2.62 bits per heavy atom. The summed E-state index contributed by atoms with van der Waals surface area (Å²) in [5, 5.41) is 12.9. The van der Waals surface area contributed by atoms with Gasteiger partial charge in [-0.25, -0.2) is 4.68 Å². The molecule has 2 aliphatic rings. The van der Waals surface area contributed by atoms with Crippen LogP contribution >= 0.6 is 11.8 Å². The van der Waals surface area contributed by atoms with E-state index in [1.165, 1.54) is 30.2 Å². The molecule has 8 heteroatoms. The molecule has 154 valence electrons. The number of carbonyl (C=O) groups is 1. The molecule has 0 radical (unpaired) electrons. The van der Waals surface area contributed by atoms with Crippen molar-refractivity contribution in [1.29, 1.82) is 0 Å². The van der Waals surface area contributed by atoms with E-state index in [0.29, 0.717) is 11.8 Å². The van der Waals surface area contributed by atoms with Crippen LogP contribution in [-0.2, 0) is 4.79 Å². The summed E-state index contributed by atoms with van der Waals surface area (Å²) in [7, 11) is 0. The molecule has 1 amide bonds. The van der Waals surface area contributed by atoms with Gasteiger partial charge in [0.15, 0.2) is 0 Å². The van der Waals surface area contributed by atoms with Gasteiger partial charge < -0.3 is 4.90 Å². The van der Waals surface area contributed by atoms with Crippen LogP contribution in [0, 0.1) is 0 Å². The molecule has 4 rings (SSSR count). The van der Waals surface area contributed by atoms with Crippen molar-refractivity contribution in [3.8, 4) is 0 Å². The Morgan fingerprint density at radius 1 is 1.10 bits per heavy atom. The summed E-state index contributed by atoms with van der Waals surface area (Å²) in [6, 6.07) is 10.7. The van der Waals surface area contributed by atoms with Gasteiger partial charge in [-0.05, 0) is 28.8 Å². The highest BCUT2D eigenvalue weighted by atomic mass is 32.2. The normalized spacial score (nSPS) is 18.7. The van der Waals surface area contributed by atoms with Crippen LogP contribution in [-0.4, -0.2) is 74.4 Å². The standard InChI is InChI=1S/C21H28N6OS/c28-20(17-29-21-22-23-24-27(21)19-10-4-5-11-19)26-15-13-25(14-16-26)12-6-9-18-7-2-1-3-8-18/h1-3,6-9,19H,4-5,10-17H2/b9-6+. The molecule has 1 aliphatic carbocycles. The molecule has 1 aromatic carbocycles. The minimum absolute atomic E-state index is 0.176. The van der Waals surface area contributed by atoms with Crippen LogP contribution < -0.4 is 0 Å². The monoisotopic (exact) mass is 412 g/mol. The largest absolute Gasteiger partial charge is 0.339 e. The summed E-state index contributed by atoms with van der Waals surface area (Å²) < 4.78 is 1.92. The Balaban J connectivity index is 1.19. The number of rotatable bonds is 7. The summed E-state index contributed by atoms with van der Waals surface area (Å²) in [5.74, 6) is 0.580. The molecule has 0 spiro atoms. The highest BCUT2D eigenvalue weighted by Gasteiger charge is 2.24. The fourth-order valence-electron chi connectivity index (χ4n) is 3.96. The van der Waals surface area contributed by atoms with E-state index in [9.17, 15) is 4.79 Å². The number of hydrogen-bond acceptors (Lipinski definition) is 6. The maximum absolute atomic E-state index is 12.6. The van der Waals surface area contributed by atoms with Crippen LogP contribution in [0.1, 0.15) is 37.3 Å². The number of amides is 1. The second-order valence-corrected chi connectivity index (χ2v) is 8.57. The molecule has 29 heavy (non-hydrogen) atoms. The summed E-state index contributed by atoms with van der Waals surface area (Å²) in [6.45, 7) is 4.31. The Morgan fingerprint density at radius 2 is 1.86 bits per heavy atom. The summed E-state index contributed by atoms with van der Waals surface area (Å²) in [6.07, 6.45) is 9.09. The SMILES string of the molecule is O=C(CSc1nnnn1C1CCCC1)N1CCN(C/C=C/c2ccccc2)CC1. The highest BCUT2D eigenvalue weighted by molar-refractivity contribution is 7.99. The van der Waals surface area contributed by atoms with E-state index in [1.54, 1.807) is 0 Å². The zero-order valence-corrected chi connectivity index (χ0v) is 17.5. The second kappa shape index (κ2) is 10.0. The number of carbonyl (C=O) groups excluding carboxylic acids is 1. The third kappa shape index (κ3) is 5.45. The molecular formula is C21H28N6OS. The molecule has 2 heterocycles. The fraction of sp³-hybridized carbons (Fsp3) is 0.524. The molecule has 0 unspecified atom stereocenters. The van der Waals surface area contributed by atoms with Gasteiger partial charge >= 0.3 is 0 Å². The summed E-state index contributed by atoms with van der Waals surface area (Å²) >= 11 is 1.47. The molecule has 2 aromatic rings. The first-order chi connectivity index (χ1) is 14.3. The Kier molecular flexibility index (Phi) is 6.95. The number of tetrazole rings is 1. The van der Waals surface area contributed by atoms with E-state index in [1.807, 2.05) is 27.8 Å². The Labute approximate surface area is 176 Å². The first-order valence-corrected chi connectivity index (χ1v) is 11.4. The quantitative estimate of drug-likeness (QED) is 0.652. The van der Waals surface area contributed by atoms with Gasteiger partial charge in [0.25, 0.3) is 0 Å². The van der Waals surface area contributed by atoms with Crippen molar-refractivity contribution >= 4 is 23.7 Å². The van der Waals surface area contributed by atoms with Gasteiger partial charge in [0, 0.05) is 32.7 Å². The Hall–Kier alpha value is -2.19. The predicted octanol–water partition coefficient (Wildman–Crippen LogP) is 2.74. The summed E-state index contributed by atoms with van der Waals surface area (Å²) in [5.41, 5.74) is 1.22. The highest BCUT2D eigenvalue weighted by Crippen LogP contribution is 2.31. The van der Waals surface area contributed by atoms with E-state index in [0.717, 1.165) is 50.7 Å². The maximum atomic E-state index is 12.6. The van der Waals surface area contributed by atoms with Crippen molar-refractivity contribution < 1.29 is 4.79 Å². The van der Waals surface area contributed by atoms with Crippen molar-refractivity contribution in [3.05, 3.63) is 42.0 Å². The lowest BCUT2D eigenvalue weighted by molar-refractivity contribution is -0.130. The van der Waals surface area contributed by atoms with Crippen molar-refractivity contribution in [3.63, 3.8) is 0 Å². The molecule has 1 saturated heterocycles. The predicted molar refractivity (Wildman–Crippen MR) is 115 cm³/mol. The van der Waals surface area contributed by atoms with E-state index in [-0.39, 0.29) is 5.91 Å². The molecule has 1 aromatic heterocycles. The third-order valence-electron chi connectivity index (χ3n) is 5.66. The molecular weight excluding hydrogens is 384 g/mol. The van der Waals surface area contributed by atoms with Gasteiger partial charge in [-0.15, -0.1) is 5.10 Å². The van der Waals surface area contributed by atoms with E-state index >= 15 is 0 Å². The maximum Gasteiger partial charge on any atom is 0.233 e. The third-order valence-corrected chi connectivity index (χ3v) is 6.57. The minimum Gasteiger partial charge on any atom is -0.339 e. The van der Waals surface area contributed by atoms with Gasteiger partial charge in [-0.2, -0.15) is 0 Å². The molecule has 0 N–H and O–H groups in total.